The van der Waals surface area contributed by atoms with Gasteiger partial charge in [0.25, 0.3) is 0 Å². The molecule has 0 saturated heterocycles. The summed E-state index contributed by atoms with van der Waals surface area (Å²) in [5, 5.41) is 3.18. The zero-order valence-electron chi connectivity index (χ0n) is 13.1. The van der Waals surface area contributed by atoms with E-state index in [0.717, 1.165) is 39.3 Å². The normalized spacial score (nSPS) is 11.0. The molecule has 0 aliphatic carbocycles. The number of hydrogen-bond acceptors (Lipinski definition) is 3. The van der Waals surface area contributed by atoms with Crippen molar-refractivity contribution < 1.29 is 0 Å². The van der Waals surface area contributed by atoms with Crippen molar-refractivity contribution in [3.8, 4) is 11.4 Å². The number of aromatic nitrogens is 2. The van der Waals surface area contributed by atoms with E-state index in [9.17, 15) is 0 Å². The zero-order valence-corrected chi connectivity index (χ0v) is 15.2. The molecular weight excluding hydrogens is 373 g/mol. The first kappa shape index (κ1) is 16.2. The summed E-state index contributed by atoms with van der Waals surface area (Å²) in [6.45, 7) is 6.58. The molecule has 0 fully saturated rings. The quantitative estimate of drug-likeness (QED) is 0.735. The van der Waals surface area contributed by atoms with E-state index in [-0.39, 0.29) is 0 Å². The predicted molar refractivity (Wildman–Crippen MR) is 97.8 cm³/mol. The van der Waals surface area contributed by atoms with Gasteiger partial charge in [0.2, 0.25) is 0 Å². The predicted octanol–water partition coefficient (Wildman–Crippen LogP) is 4.87. The Bertz CT molecular complexity index is 606. The summed E-state index contributed by atoms with van der Waals surface area (Å²) < 4.78 is 1.12. The molecule has 0 amide bonds. The average molecular weight is 395 g/mol. The van der Waals surface area contributed by atoms with Crippen LogP contribution < -0.4 is 5.32 Å². The highest BCUT2D eigenvalue weighted by Gasteiger charge is 2.12. The van der Waals surface area contributed by atoms with Gasteiger partial charge in [-0.3, -0.25) is 0 Å². The number of hydrogen-bond donors (Lipinski definition) is 1. The lowest BCUT2D eigenvalue weighted by Gasteiger charge is -2.11. The van der Waals surface area contributed by atoms with Crippen molar-refractivity contribution in [1.29, 1.82) is 0 Å². The first-order valence-electron chi connectivity index (χ1n) is 7.41. The molecule has 2 rings (SSSR count). The van der Waals surface area contributed by atoms with Crippen LogP contribution in [0.25, 0.3) is 11.4 Å². The summed E-state index contributed by atoms with van der Waals surface area (Å²) in [6, 6.07) is 8.57. The largest absolute Gasteiger partial charge is 0.372 e. The Hall–Kier alpha value is -1.17. The van der Waals surface area contributed by atoms with Gasteiger partial charge in [-0.1, -0.05) is 51.5 Å². The van der Waals surface area contributed by atoms with Crippen LogP contribution >= 0.6 is 22.6 Å². The van der Waals surface area contributed by atoms with Crippen molar-refractivity contribution in [2.24, 2.45) is 0 Å². The molecule has 0 saturated carbocycles. The molecule has 112 valence electrons. The molecule has 0 aliphatic rings. The summed E-state index contributed by atoms with van der Waals surface area (Å²) in [7, 11) is 1.91. The lowest BCUT2D eigenvalue weighted by Crippen LogP contribution is -2.05. The number of nitrogens with zero attached hydrogens (tertiary/aromatic N) is 2. The van der Waals surface area contributed by atoms with Gasteiger partial charge in [-0.2, -0.15) is 0 Å². The Morgan fingerprint density at radius 2 is 1.81 bits per heavy atom. The second kappa shape index (κ2) is 7.20. The van der Waals surface area contributed by atoms with Crippen LogP contribution in [0.2, 0.25) is 0 Å². The lowest BCUT2D eigenvalue weighted by molar-refractivity contribution is 0.863. The third-order valence-corrected chi connectivity index (χ3v) is 4.61. The second-order valence-corrected chi connectivity index (χ2v) is 6.51. The van der Waals surface area contributed by atoms with Crippen LogP contribution in [0.5, 0.6) is 0 Å². The van der Waals surface area contributed by atoms with Crippen LogP contribution in [0.15, 0.2) is 24.3 Å². The fourth-order valence-corrected chi connectivity index (χ4v) is 2.99. The highest BCUT2D eigenvalue weighted by atomic mass is 127. The topological polar surface area (TPSA) is 37.8 Å². The Morgan fingerprint density at radius 1 is 1.14 bits per heavy atom. The molecule has 1 heterocycles. The van der Waals surface area contributed by atoms with E-state index in [4.69, 9.17) is 4.98 Å². The molecule has 0 spiro atoms. The number of halogens is 1. The fourth-order valence-electron chi connectivity index (χ4n) is 2.21. The average Bonchev–Trinajstić information content (AvgIpc) is 2.49. The van der Waals surface area contributed by atoms with E-state index < -0.39 is 0 Å². The van der Waals surface area contributed by atoms with Gasteiger partial charge in [-0.25, -0.2) is 9.97 Å². The summed E-state index contributed by atoms with van der Waals surface area (Å²) in [4.78, 5) is 9.41. The van der Waals surface area contributed by atoms with Crippen LogP contribution in [0.1, 0.15) is 44.4 Å². The molecule has 21 heavy (non-hydrogen) atoms. The fraction of sp³-hybridized carbons (Fsp3) is 0.412. The molecule has 0 bridgehead atoms. The van der Waals surface area contributed by atoms with Crippen LogP contribution in [0.4, 0.5) is 5.82 Å². The monoisotopic (exact) mass is 395 g/mol. The maximum atomic E-state index is 4.76. The van der Waals surface area contributed by atoms with Crippen molar-refractivity contribution in [3.63, 3.8) is 0 Å². The maximum absolute atomic E-state index is 4.76. The minimum absolute atomic E-state index is 0.542. The molecule has 2 aromatic rings. The van der Waals surface area contributed by atoms with E-state index in [2.05, 4.69) is 77.9 Å². The first-order valence-corrected chi connectivity index (χ1v) is 8.49. The smallest absolute Gasteiger partial charge is 0.161 e. The second-order valence-electron chi connectivity index (χ2n) is 5.43. The van der Waals surface area contributed by atoms with Gasteiger partial charge in [-0.15, -0.1) is 0 Å². The molecule has 0 unspecified atom stereocenters. The van der Waals surface area contributed by atoms with Gasteiger partial charge in [0.15, 0.2) is 5.82 Å². The molecule has 1 aromatic carbocycles. The number of benzene rings is 1. The number of nitrogens with one attached hydrogen (secondary N) is 1. The van der Waals surface area contributed by atoms with E-state index in [1.165, 1.54) is 5.56 Å². The summed E-state index contributed by atoms with van der Waals surface area (Å²) in [5.41, 5.74) is 3.54. The van der Waals surface area contributed by atoms with Crippen molar-refractivity contribution in [2.45, 2.75) is 39.5 Å². The molecule has 3 nitrogen and oxygen atoms in total. The Kier molecular flexibility index (Phi) is 5.56. The van der Waals surface area contributed by atoms with Gasteiger partial charge in [0.05, 0.1) is 9.26 Å². The summed E-state index contributed by atoms with van der Waals surface area (Å²) in [5.74, 6) is 2.26. The van der Waals surface area contributed by atoms with E-state index in [1.54, 1.807) is 0 Å². The number of rotatable bonds is 5. The molecule has 4 heteroatoms. The molecule has 0 radical (unpaired) electrons. The highest BCUT2D eigenvalue weighted by Crippen LogP contribution is 2.26. The van der Waals surface area contributed by atoms with Crippen molar-refractivity contribution in [3.05, 3.63) is 39.1 Å². The molecule has 0 aliphatic heterocycles. The summed E-state index contributed by atoms with van der Waals surface area (Å²) >= 11 is 2.33. The van der Waals surface area contributed by atoms with Crippen molar-refractivity contribution in [1.82, 2.24) is 9.97 Å². The third kappa shape index (κ3) is 3.73. The van der Waals surface area contributed by atoms with E-state index in [0.29, 0.717) is 5.92 Å². The Labute approximate surface area is 140 Å². The first-order chi connectivity index (χ1) is 10.1. The van der Waals surface area contributed by atoms with Crippen LogP contribution in [-0.4, -0.2) is 17.0 Å². The lowest BCUT2D eigenvalue weighted by atomic mass is 10.0. The van der Waals surface area contributed by atoms with Gasteiger partial charge in [0.1, 0.15) is 5.82 Å². The third-order valence-electron chi connectivity index (χ3n) is 3.48. The van der Waals surface area contributed by atoms with Gasteiger partial charge in [-0.05, 0) is 40.5 Å². The number of aryl methyl sites for hydroxylation is 1. The molecule has 1 aromatic heterocycles. The van der Waals surface area contributed by atoms with Crippen LogP contribution in [0.3, 0.4) is 0 Å². The Balaban J connectivity index is 2.45. The van der Waals surface area contributed by atoms with E-state index >= 15 is 0 Å². The Morgan fingerprint density at radius 3 is 2.33 bits per heavy atom. The van der Waals surface area contributed by atoms with E-state index in [1.807, 2.05) is 7.05 Å². The van der Waals surface area contributed by atoms with Crippen LogP contribution in [-0.2, 0) is 6.42 Å². The standard InChI is InChI=1S/C17H22IN3/c1-5-6-14-15(18)17(19-4)21-16(20-14)13-9-7-12(8-10-13)11(2)3/h7-11H,5-6H2,1-4H3,(H,19,20,21). The van der Waals surface area contributed by atoms with Gasteiger partial charge >= 0.3 is 0 Å². The van der Waals surface area contributed by atoms with Gasteiger partial charge < -0.3 is 5.32 Å². The van der Waals surface area contributed by atoms with Crippen molar-refractivity contribution in [2.75, 3.05) is 12.4 Å². The summed E-state index contributed by atoms with van der Waals surface area (Å²) in [6.07, 6.45) is 2.06. The molecule has 1 N–H and O–H groups in total. The zero-order chi connectivity index (χ0) is 15.4. The maximum Gasteiger partial charge on any atom is 0.161 e. The van der Waals surface area contributed by atoms with Gasteiger partial charge in [0, 0.05) is 12.6 Å². The number of anilines is 1. The molecular formula is C17H22IN3. The SMILES string of the molecule is CCCc1nc(-c2ccc(C(C)C)cc2)nc(NC)c1I. The minimum atomic E-state index is 0.542. The molecule has 0 atom stereocenters. The van der Waals surface area contributed by atoms with Crippen LogP contribution in [0, 0.1) is 3.57 Å². The highest BCUT2D eigenvalue weighted by molar-refractivity contribution is 14.1. The minimum Gasteiger partial charge on any atom is -0.372 e. The van der Waals surface area contributed by atoms with Crippen molar-refractivity contribution >= 4 is 28.4 Å².